The van der Waals surface area contributed by atoms with Crippen LogP contribution in [-0.4, -0.2) is 29.4 Å². The summed E-state index contributed by atoms with van der Waals surface area (Å²) in [5.74, 6) is 1.36. The number of aliphatic imine (C=N–C) groups is 1. The monoisotopic (exact) mass is 285 g/mol. The number of hydrogen-bond donors (Lipinski definition) is 1. The molecule has 6 nitrogen and oxygen atoms in total. The molecule has 3 rings (SSSR count). The molecule has 1 atom stereocenters. The standard InChI is InChI=1S/C15H19N5O/c1-3-19-10-11(8-18-19)14-9-17-15(16)20(14)12-4-6-13(21-2)7-5-12/h4-8,10,14H,3,9H2,1-2H3,(H2,16,17). The molecule has 0 saturated carbocycles. The number of nitrogens with zero attached hydrogens (tertiary/aromatic N) is 4. The summed E-state index contributed by atoms with van der Waals surface area (Å²) in [5, 5.41) is 4.34. The summed E-state index contributed by atoms with van der Waals surface area (Å²) in [5.41, 5.74) is 8.19. The van der Waals surface area contributed by atoms with Gasteiger partial charge in [-0.3, -0.25) is 9.67 Å². The Balaban J connectivity index is 1.91. The van der Waals surface area contributed by atoms with E-state index in [-0.39, 0.29) is 6.04 Å². The van der Waals surface area contributed by atoms with Gasteiger partial charge in [0.1, 0.15) is 5.75 Å². The summed E-state index contributed by atoms with van der Waals surface area (Å²) in [7, 11) is 1.66. The number of rotatable bonds is 4. The third-order valence-electron chi connectivity index (χ3n) is 3.70. The zero-order chi connectivity index (χ0) is 14.8. The van der Waals surface area contributed by atoms with Crippen molar-refractivity contribution in [2.75, 3.05) is 18.6 Å². The van der Waals surface area contributed by atoms with Gasteiger partial charge >= 0.3 is 0 Å². The molecule has 6 heteroatoms. The minimum absolute atomic E-state index is 0.0960. The van der Waals surface area contributed by atoms with Gasteiger partial charge in [0, 0.05) is 24.0 Å². The van der Waals surface area contributed by atoms with Crippen molar-refractivity contribution in [2.45, 2.75) is 19.5 Å². The molecule has 0 bridgehead atoms. The lowest BCUT2D eigenvalue weighted by Gasteiger charge is -2.25. The Morgan fingerprint density at radius 1 is 1.33 bits per heavy atom. The van der Waals surface area contributed by atoms with Crippen LogP contribution >= 0.6 is 0 Å². The number of anilines is 1. The lowest BCUT2D eigenvalue weighted by atomic mass is 10.1. The van der Waals surface area contributed by atoms with Crippen LogP contribution in [0.1, 0.15) is 18.5 Å². The molecule has 0 radical (unpaired) electrons. The third-order valence-corrected chi connectivity index (χ3v) is 3.70. The van der Waals surface area contributed by atoms with Crippen LogP contribution in [0.5, 0.6) is 5.75 Å². The van der Waals surface area contributed by atoms with E-state index < -0.39 is 0 Å². The lowest BCUT2D eigenvalue weighted by molar-refractivity contribution is 0.415. The molecule has 2 heterocycles. The lowest BCUT2D eigenvalue weighted by Crippen LogP contribution is -2.35. The number of ether oxygens (including phenoxy) is 1. The third kappa shape index (κ3) is 2.44. The zero-order valence-electron chi connectivity index (χ0n) is 12.2. The van der Waals surface area contributed by atoms with E-state index >= 15 is 0 Å². The van der Waals surface area contributed by atoms with E-state index in [4.69, 9.17) is 10.5 Å². The molecule has 1 aliphatic rings. The van der Waals surface area contributed by atoms with E-state index in [0.29, 0.717) is 12.5 Å². The molecular weight excluding hydrogens is 266 g/mol. The van der Waals surface area contributed by atoms with E-state index in [9.17, 15) is 0 Å². The van der Waals surface area contributed by atoms with Crippen LogP contribution in [0.15, 0.2) is 41.7 Å². The molecule has 0 fully saturated rings. The van der Waals surface area contributed by atoms with Gasteiger partial charge in [-0.05, 0) is 31.2 Å². The second-order valence-corrected chi connectivity index (χ2v) is 4.91. The minimum atomic E-state index is 0.0960. The van der Waals surface area contributed by atoms with Gasteiger partial charge in [0.15, 0.2) is 5.96 Å². The maximum Gasteiger partial charge on any atom is 0.196 e. The molecule has 1 aromatic heterocycles. The molecule has 0 saturated heterocycles. The number of benzene rings is 1. The fraction of sp³-hybridized carbons (Fsp3) is 0.333. The van der Waals surface area contributed by atoms with Crippen molar-refractivity contribution in [1.29, 1.82) is 0 Å². The first kappa shape index (κ1) is 13.5. The Bertz CT molecular complexity index is 646. The molecule has 0 aliphatic carbocycles. The quantitative estimate of drug-likeness (QED) is 0.930. The van der Waals surface area contributed by atoms with Gasteiger partial charge in [-0.2, -0.15) is 5.10 Å². The molecule has 2 N–H and O–H groups in total. The molecule has 1 aromatic carbocycles. The molecule has 1 aliphatic heterocycles. The van der Waals surface area contributed by atoms with Gasteiger partial charge in [0.05, 0.1) is 25.9 Å². The second-order valence-electron chi connectivity index (χ2n) is 4.91. The van der Waals surface area contributed by atoms with Crippen molar-refractivity contribution < 1.29 is 4.74 Å². The average molecular weight is 285 g/mol. The number of aromatic nitrogens is 2. The predicted octanol–water partition coefficient (Wildman–Crippen LogP) is 1.79. The molecule has 21 heavy (non-hydrogen) atoms. The number of aryl methyl sites for hydroxylation is 1. The van der Waals surface area contributed by atoms with E-state index in [1.807, 2.05) is 40.0 Å². The Labute approximate surface area is 123 Å². The van der Waals surface area contributed by atoms with Crippen LogP contribution in [-0.2, 0) is 6.54 Å². The first-order valence-corrected chi connectivity index (χ1v) is 6.98. The normalized spacial score (nSPS) is 17.9. The number of hydrogen-bond acceptors (Lipinski definition) is 5. The maximum absolute atomic E-state index is 6.07. The summed E-state index contributed by atoms with van der Waals surface area (Å²) in [6, 6.07) is 7.92. The van der Waals surface area contributed by atoms with Crippen LogP contribution in [0.3, 0.4) is 0 Å². The van der Waals surface area contributed by atoms with E-state index in [0.717, 1.165) is 23.5 Å². The predicted molar refractivity (Wildman–Crippen MR) is 82.6 cm³/mol. The van der Waals surface area contributed by atoms with E-state index in [1.165, 1.54) is 0 Å². The smallest absolute Gasteiger partial charge is 0.196 e. The van der Waals surface area contributed by atoms with Gasteiger partial charge in [0.25, 0.3) is 0 Å². The second kappa shape index (κ2) is 5.47. The minimum Gasteiger partial charge on any atom is -0.497 e. The highest BCUT2D eigenvalue weighted by molar-refractivity contribution is 5.97. The average Bonchev–Trinajstić information content (AvgIpc) is 3.13. The SMILES string of the molecule is CCn1cc(C2CN=C(N)N2c2ccc(OC)cc2)cn1. The first-order valence-electron chi connectivity index (χ1n) is 6.98. The first-order chi connectivity index (χ1) is 10.2. The van der Waals surface area contributed by atoms with Crippen LogP contribution in [0.2, 0.25) is 0 Å². The van der Waals surface area contributed by atoms with Gasteiger partial charge in [-0.15, -0.1) is 0 Å². The topological polar surface area (TPSA) is 68.7 Å². The molecule has 0 spiro atoms. The van der Waals surface area contributed by atoms with E-state index in [2.05, 4.69) is 23.2 Å². The summed E-state index contributed by atoms with van der Waals surface area (Å²) in [6.45, 7) is 3.57. The van der Waals surface area contributed by atoms with Crippen LogP contribution in [0.4, 0.5) is 5.69 Å². The van der Waals surface area contributed by atoms with Crippen molar-refractivity contribution in [2.24, 2.45) is 10.7 Å². The van der Waals surface area contributed by atoms with Crippen molar-refractivity contribution in [3.8, 4) is 5.75 Å². The highest BCUT2D eigenvalue weighted by Crippen LogP contribution is 2.31. The van der Waals surface area contributed by atoms with Crippen molar-refractivity contribution in [1.82, 2.24) is 9.78 Å². The van der Waals surface area contributed by atoms with Crippen LogP contribution in [0.25, 0.3) is 0 Å². The summed E-state index contributed by atoms with van der Waals surface area (Å²) in [4.78, 5) is 6.42. The number of nitrogens with two attached hydrogens (primary N) is 1. The summed E-state index contributed by atoms with van der Waals surface area (Å²) in [6.07, 6.45) is 3.94. The van der Waals surface area contributed by atoms with Gasteiger partial charge < -0.3 is 15.4 Å². The van der Waals surface area contributed by atoms with Crippen molar-refractivity contribution >= 4 is 11.6 Å². The Kier molecular flexibility index (Phi) is 3.51. The van der Waals surface area contributed by atoms with E-state index in [1.54, 1.807) is 7.11 Å². The van der Waals surface area contributed by atoms with Crippen molar-refractivity contribution in [3.63, 3.8) is 0 Å². The van der Waals surface area contributed by atoms with Crippen LogP contribution in [0, 0.1) is 0 Å². The molecule has 110 valence electrons. The maximum atomic E-state index is 6.07. The zero-order valence-corrected chi connectivity index (χ0v) is 12.2. The molecule has 0 amide bonds. The fourth-order valence-corrected chi connectivity index (χ4v) is 2.53. The largest absolute Gasteiger partial charge is 0.497 e. The summed E-state index contributed by atoms with van der Waals surface area (Å²) < 4.78 is 7.11. The molecular formula is C15H19N5O. The number of guanidine groups is 1. The van der Waals surface area contributed by atoms with Gasteiger partial charge in [-0.1, -0.05) is 0 Å². The Morgan fingerprint density at radius 3 is 2.71 bits per heavy atom. The van der Waals surface area contributed by atoms with Gasteiger partial charge in [-0.25, -0.2) is 0 Å². The number of methoxy groups -OCH3 is 1. The molecule has 2 aromatic rings. The highest BCUT2D eigenvalue weighted by atomic mass is 16.5. The van der Waals surface area contributed by atoms with Crippen molar-refractivity contribution in [3.05, 3.63) is 42.2 Å². The summed E-state index contributed by atoms with van der Waals surface area (Å²) >= 11 is 0. The fourth-order valence-electron chi connectivity index (χ4n) is 2.53. The Morgan fingerprint density at radius 2 is 2.10 bits per heavy atom. The highest BCUT2D eigenvalue weighted by Gasteiger charge is 2.29. The molecule has 1 unspecified atom stereocenters. The van der Waals surface area contributed by atoms with Gasteiger partial charge in [0.2, 0.25) is 0 Å². The Hall–Kier alpha value is -2.50. The van der Waals surface area contributed by atoms with Crippen LogP contribution < -0.4 is 15.4 Å².